The monoisotopic (exact) mass is 424 g/mol. The van der Waals surface area contributed by atoms with Crippen molar-refractivity contribution in [2.45, 2.75) is 6.54 Å². The first-order valence-corrected chi connectivity index (χ1v) is 10.0. The molecule has 0 saturated carbocycles. The first kappa shape index (κ1) is 17.9. The molecule has 0 saturated heterocycles. The fourth-order valence-corrected chi connectivity index (χ4v) is 4.27. The number of nitrogens with zero attached hydrogens (tertiary/aromatic N) is 2. The summed E-state index contributed by atoms with van der Waals surface area (Å²) in [6.45, 7) is 0.0238. The normalized spacial score (nSPS) is 12.4. The Labute approximate surface area is 173 Å². The van der Waals surface area contributed by atoms with Crippen LogP contribution in [0.1, 0.15) is 10.4 Å². The highest BCUT2D eigenvalue weighted by atomic mass is 35.5. The number of aromatic nitrogens is 2. The van der Waals surface area contributed by atoms with Crippen LogP contribution in [-0.4, -0.2) is 22.1 Å². The minimum Gasteiger partial charge on any atom is -0.454 e. The Morgan fingerprint density at radius 3 is 2.76 bits per heavy atom. The van der Waals surface area contributed by atoms with Gasteiger partial charge in [0.15, 0.2) is 17.3 Å². The van der Waals surface area contributed by atoms with Crippen LogP contribution in [0, 0.1) is 0 Å². The second kappa shape index (κ2) is 7.02. The molecule has 0 fully saturated rings. The van der Waals surface area contributed by atoms with E-state index in [1.54, 1.807) is 30.3 Å². The van der Waals surface area contributed by atoms with Crippen LogP contribution in [0.4, 0.5) is 0 Å². The zero-order chi connectivity index (χ0) is 20.0. The highest BCUT2D eigenvalue weighted by Gasteiger charge is 2.18. The van der Waals surface area contributed by atoms with Gasteiger partial charge in [-0.15, -0.1) is 11.3 Å². The highest BCUT2D eigenvalue weighted by molar-refractivity contribution is 7.17. The Balaban J connectivity index is 1.51. The van der Waals surface area contributed by atoms with Crippen LogP contribution < -0.4 is 15.0 Å². The van der Waals surface area contributed by atoms with Crippen molar-refractivity contribution in [1.29, 1.82) is 0 Å². The minimum absolute atomic E-state index is 0.114. The molecule has 0 N–H and O–H groups in total. The molecule has 8 heteroatoms. The molecule has 5 rings (SSSR count). The van der Waals surface area contributed by atoms with E-state index in [0.717, 1.165) is 11.1 Å². The maximum atomic E-state index is 13.1. The molecule has 2 aromatic carbocycles. The number of carbonyl (C=O) groups is 1. The summed E-state index contributed by atoms with van der Waals surface area (Å²) in [6.07, 6.45) is 1.41. The number of ether oxygens (including phenoxy) is 2. The first-order chi connectivity index (χ1) is 14.1. The number of hydrogen-bond donors (Lipinski definition) is 0. The van der Waals surface area contributed by atoms with Crippen molar-refractivity contribution in [2.24, 2.45) is 0 Å². The molecule has 1 aliphatic rings. The number of fused-ring (bicyclic) bond motifs is 2. The van der Waals surface area contributed by atoms with E-state index in [4.69, 9.17) is 21.1 Å². The van der Waals surface area contributed by atoms with Crippen molar-refractivity contribution >= 4 is 38.9 Å². The van der Waals surface area contributed by atoms with Gasteiger partial charge in [-0.05, 0) is 35.9 Å². The summed E-state index contributed by atoms with van der Waals surface area (Å²) < 4.78 is 11.9. The quantitative estimate of drug-likeness (QED) is 0.454. The van der Waals surface area contributed by atoms with Crippen molar-refractivity contribution in [2.75, 3.05) is 6.79 Å². The van der Waals surface area contributed by atoms with E-state index in [0.29, 0.717) is 32.3 Å². The molecule has 0 radical (unpaired) electrons. The molecule has 6 nitrogen and oxygen atoms in total. The largest absolute Gasteiger partial charge is 0.454 e. The Kier molecular flexibility index (Phi) is 4.34. The molecule has 0 atom stereocenters. The van der Waals surface area contributed by atoms with E-state index in [1.807, 2.05) is 17.5 Å². The van der Waals surface area contributed by atoms with Crippen molar-refractivity contribution in [3.63, 3.8) is 0 Å². The Bertz CT molecular complexity index is 1310. The molecule has 0 amide bonds. The van der Waals surface area contributed by atoms with Gasteiger partial charge in [-0.3, -0.25) is 14.2 Å². The van der Waals surface area contributed by atoms with E-state index in [9.17, 15) is 9.59 Å². The lowest BCUT2D eigenvalue weighted by Gasteiger charge is -2.07. The van der Waals surface area contributed by atoms with Gasteiger partial charge < -0.3 is 9.47 Å². The Hall–Kier alpha value is -3.16. The minimum atomic E-state index is -0.254. The number of hydrogen-bond acceptors (Lipinski definition) is 6. The third-order valence-electron chi connectivity index (χ3n) is 4.72. The van der Waals surface area contributed by atoms with Crippen LogP contribution in [0.25, 0.3) is 21.3 Å². The average molecular weight is 425 g/mol. The van der Waals surface area contributed by atoms with Gasteiger partial charge in [0.1, 0.15) is 4.83 Å². The maximum Gasteiger partial charge on any atom is 0.263 e. The fraction of sp³-hybridized carbons (Fsp3) is 0.0952. The van der Waals surface area contributed by atoms with E-state index in [2.05, 4.69) is 4.98 Å². The van der Waals surface area contributed by atoms with E-state index in [-0.39, 0.29) is 24.7 Å². The molecule has 0 unspecified atom stereocenters. The van der Waals surface area contributed by atoms with Gasteiger partial charge >= 0.3 is 0 Å². The Morgan fingerprint density at radius 2 is 1.93 bits per heavy atom. The lowest BCUT2D eigenvalue weighted by Crippen LogP contribution is -2.24. The number of halogens is 1. The second-order valence-corrected chi connectivity index (χ2v) is 7.80. The van der Waals surface area contributed by atoms with Crippen LogP contribution >= 0.6 is 22.9 Å². The molecule has 144 valence electrons. The van der Waals surface area contributed by atoms with Gasteiger partial charge in [-0.2, -0.15) is 0 Å². The third-order valence-corrected chi connectivity index (χ3v) is 5.86. The number of Topliss-reactive ketones (excluding diaryl/α,β-unsaturated/α-hetero) is 1. The zero-order valence-corrected chi connectivity index (χ0v) is 16.5. The van der Waals surface area contributed by atoms with Gasteiger partial charge in [0, 0.05) is 21.5 Å². The third kappa shape index (κ3) is 3.18. The summed E-state index contributed by atoms with van der Waals surface area (Å²) in [5.41, 5.74) is 1.85. The van der Waals surface area contributed by atoms with Gasteiger partial charge in [-0.1, -0.05) is 23.7 Å². The van der Waals surface area contributed by atoms with Gasteiger partial charge in [0.2, 0.25) is 6.79 Å². The zero-order valence-electron chi connectivity index (χ0n) is 14.9. The molecular weight excluding hydrogens is 412 g/mol. The number of ketones is 1. The van der Waals surface area contributed by atoms with Crippen LogP contribution in [0.15, 0.2) is 59.0 Å². The summed E-state index contributed by atoms with van der Waals surface area (Å²) in [5.74, 6) is 0.919. The summed E-state index contributed by atoms with van der Waals surface area (Å²) in [7, 11) is 0. The number of rotatable bonds is 4. The van der Waals surface area contributed by atoms with Crippen molar-refractivity contribution in [3.05, 3.63) is 75.1 Å². The first-order valence-electron chi connectivity index (χ1n) is 8.75. The molecule has 0 aliphatic carbocycles. The number of carbonyl (C=O) groups excluding carboxylic acids is 1. The predicted octanol–water partition coefficient (Wildman–Crippen LogP) is 4.39. The molecule has 3 heterocycles. The van der Waals surface area contributed by atoms with Crippen molar-refractivity contribution in [1.82, 2.24) is 9.55 Å². The number of benzene rings is 2. The molecule has 29 heavy (non-hydrogen) atoms. The number of thiophene rings is 1. The highest BCUT2D eigenvalue weighted by Crippen LogP contribution is 2.33. The smallest absolute Gasteiger partial charge is 0.263 e. The van der Waals surface area contributed by atoms with Gasteiger partial charge in [-0.25, -0.2) is 4.98 Å². The molecule has 2 aromatic heterocycles. The molecule has 0 spiro atoms. The van der Waals surface area contributed by atoms with E-state index in [1.165, 1.54) is 22.2 Å². The summed E-state index contributed by atoms with van der Waals surface area (Å²) in [5, 5.41) is 3.02. The van der Waals surface area contributed by atoms with E-state index >= 15 is 0 Å². The van der Waals surface area contributed by atoms with Crippen LogP contribution in [0.2, 0.25) is 5.02 Å². The molecule has 1 aliphatic heterocycles. The molecule has 0 bridgehead atoms. The van der Waals surface area contributed by atoms with Crippen LogP contribution in [-0.2, 0) is 6.54 Å². The topological polar surface area (TPSA) is 70.4 Å². The average Bonchev–Trinajstić information content (AvgIpc) is 3.37. The summed E-state index contributed by atoms with van der Waals surface area (Å²) >= 11 is 7.36. The standard InChI is InChI=1S/C21H13ClN2O4S/c22-14-4-1-12(2-5-14)15-9-29-20-19(15)21(26)24(10-23-20)8-16(25)13-3-6-17-18(7-13)28-11-27-17/h1-7,9-10H,8,11H2. The predicted molar refractivity (Wildman–Crippen MR) is 111 cm³/mol. The van der Waals surface area contributed by atoms with Gasteiger partial charge in [0.25, 0.3) is 5.56 Å². The lowest BCUT2D eigenvalue weighted by molar-refractivity contribution is 0.0970. The molecular formula is C21H13ClN2O4S. The van der Waals surface area contributed by atoms with Crippen molar-refractivity contribution < 1.29 is 14.3 Å². The summed E-state index contributed by atoms with van der Waals surface area (Å²) in [4.78, 5) is 30.8. The Morgan fingerprint density at radius 1 is 1.14 bits per heavy atom. The summed E-state index contributed by atoms with van der Waals surface area (Å²) in [6, 6.07) is 12.3. The maximum absolute atomic E-state index is 13.1. The lowest BCUT2D eigenvalue weighted by atomic mass is 10.1. The van der Waals surface area contributed by atoms with Crippen LogP contribution in [0.5, 0.6) is 11.5 Å². The second-order valence-electron chi connectivity index (χ2n) is 6.51. The SMILES string of the molecule is O=C(Cn1cnc2scc(-c3ccc(Cl)cc3)c2c1=O)c1ccc2c(c1)OCO2. The van der Waals surface area contributed by atoms with Gasteiger partial charge in [0.05, 0.1) is 18.3 Å². The van der Waals surface area contributed by atoms with E-state index < -0.39 is 0 Å². The van der Waals surface area contributed by atoms with Crippen molar-refractivity contribution in [3.8, 4) is 22.6 Å². The van der Waals surface area contributed by atoms with Crippen LogP contribution in [0.3, 0.4) is 0 Å². The fourth-order valence-electron chi connectivity index (χ4n) is 3.24. The molecule has 4 aromatic rings.